The number of carboxylic acids is 1. The molecule has 20 nitrogen and oxygen atoms in total. The zero-order valence-electron chi connectivity index (χ0n) is 38.9. The standard InChI is InChI=1S/C45H67N9O11S3/c1-26(2)40(61)35-22-66-25-38(58)51-32(13-7-8-14-48-3)44(65)53-34-24-68-67-23-33(37(57)19-29(42(63)54-35)16-27-10-5-4-6-11-27)52-43(64)30(20-39(59)60)17-31(55)21-50-41(62)28(18-36(34)56)12-9-15-49-45(46)47/h4-6,10-11,26,28-30,32-35,48H,7-9,12-25H2,1-3H3,(H,50,62)(H,51,58)(H,52,64)(H,53,65)(H,54,63)(H,59,60)(H4,46,47,49)/t28-,29-,30+,32+,33+,34+,35+/m1/s1. The topological polar surface area (TPSA) is 328 Å². The smallest absolute Gasteiger partial charge is 0.304 e. The van der Waals surface area contributed by atoms with E-state index in [0.29, 0.717) is 24.9 Å². The average Bonchev–Trinajstić information content (AvgIpc) is 3.28. The molecule has 2 saturated heterocycles. The molecular formula is C45H67N9O11S3. The van der Waals surface area contributed by atoms with Crippen LogP contribution < -0.4 is 43.4 Å². The fourth-order valence-electron chi connectivity index (χ4n) is 7.48. The molecule has 1 aromatic carbocycles. The van der Waals surface area contributed by atoms with E-state index in [1.165, 1.54) is 0 Å². The third kappa shape index (κ3) is 21.1. The number of rotatable bonds is 15. The molecule has 0 unspecified atom stereocenters. The maximum atomic E-state index is 14.5. The van der Waals surface area contributed by atoms with Crippen LogP contribution in [0.5, 0.6) is 0 Å². The summed E-state index contributed by atoms with van der Waals surface area (Å²) in [7, 11) is 3.92. The Kier molecular flexibility index (Phi) is 25.7. The van der Waals surface area contributed by atoms with Gasteiger partial charge in [-0.2, -0.15) is 0 Å². The molecule has 68 heavy (non-hydrogen) atoms. The normalized spacial score (nSPS) is 24.9. The minimum atomic E-state index is -1.45. The lowest BCUT2D eigenvalue weighted by atomic mass is 9.90. The van der Waals surface area contributed by atoms with Crippen LogP contribution in [-0.2, 0) is 54.4 Å². The maximum absolute atomic E-state index is 14.5. The van der Waals surface area contributed by atoms with Gasteiger partial charge in [-0.25, -0.2) is 0 Å². The molecule has 11 N–H and O–H groups in total. The summed E-state index contributed by atoms with van der Waals surface area (Å²) in [6.07, 6.45) is -0.417. The van der Waals surface area contributed by atoms with E-state index in [4.69, 9.17) is 11.5 Å². The van der Waals surface area contributed by atoms with Crippen molar-refractivity contribution in [2.75, 3.05) is 49.7 Å². The summed E-state index contributed by atoms with van der Waals surface area (Å²) in [5.41, 5.74) is 11.7. The Balaban J connectivity index is 2.16. The van der Waals surface area contributed by atoms with Crippen LogP contribution in [0.15, 0.2) is 35.3 Å². The van der Waals surface area contributed by atoms with Crippen molar-refractivity contribution in [1.82, 2.24) is 31.9 Å². The van der Waals surface area contributed by atoms with Crippen LogP contribution >= 0.6 is 33.3 Å². The number of guanidine groups is 1. The van der Waals surface area contributed by atoms with E-state index in [1.807, 2.05) is 0 Å². The number of aliphatic imine (C=N–C) groups is 1. The second-order valence-electron chi connectivity index (χ2n) is 17.2. The zero-order chi connectivity index (χ0) is 50.2. The molecule has 0 aromatic heterocycles. The van der Waals surface area contributed by atoms with E-state index in [1.54, 1.807) is 51.2 Å². The van der Waals surface area contributed by atoms with Gasteiger partial charge in [0.1, 0.15) is 6.04 Å². The van der Waals surface area contributed by atoms with E-state index < -0.39 is 133 Å². The number of nitrogens with zero attached hydrogens (tertiary/aromatic N) is 1. The third-order valence-corrected chi connectivity index (χ3v) is 14.7. The molecule has 2 bridgehead atoms. The zero-order valence-corrected chi connectivity index (χ0v) is 41.3. The Labute approximate surface area is 409 Å². The van der Waals surface area contributed by atoms with Gasteiger partial charge in [-0.15, -0.1) is 11.8 Å². The van der Waals surface area contributed by atoms with Gasteiger partial charge >= 0.3 is 5.97 Å². The molecule has 0 radical (unpaired) electrons. The van der Waals surface area contributed by atoms with Crippen molar-refractivity contribution in [2.24, 2.45) is 40.1 Å². The highest BCUT2D eigenvalue weighted by Crippen LogP contribution is 2.27. The van der Waals surface area contributed by atoms with Gasteiger partial charge in [0.2, 0.25) is 29.5 Å². The number of Topliss-reactive ketones (excluding diaryl/α,β-unsaturated/α-hetero) is 4. The predicted octanol–water partition coefficient (Wildman–Crippen LogP) is 0.296. The van der Waals surface area contributed by atoms with Gasteiger partial charge < -0.3 is 48.5 Å². The molecule has 7 atom stereocenters. The van der Waals surface area contributed by atoms with Crippen molar-refractivity contribution in [2.45, 2.75) is 102 Å². The first-order chi connectivity index (χ1) is 32.4. The number of fused-ring (bicyclic) bond motifs is 5. The highest BCUT2D eigenvalue weighted by molar-refractivity contribution is 8.76. The van der Waals surface area contributed by atoms with Crippen LogP contribution in [0.25, 0.3) is 0 Å². The molecule has 2 heterocycles. The van der Waals surface area contributed by atoms with E-state index in [9.17, 15) is 53.1 Å². The molecular weight excluding hydrogens is 939 g/mol. The first-order valence-corrected chi connectivity index (χ1v) is 26.4. The number of hydrogen-bond donors (Lipinski definition) is 9. The fourth-order valence-corrected chi connectivity index (χ4v) is 10.7. The Morgan fingerprint density at radius 1 is 0.765 bits per heavy atom. The highest BCUT2D eigenvalue weighted by Gasteiger charge is 2.35. The van der Waals surface area contributed by atoms with Gasteiger partial charge in [0.15, 0.2) is 29.1 Å². The summed E-state index contributed by atoms with van der Waals surface area (Å²) >= 11 is 1.07. The third-order valence-electron chi connectivity index (χ3n) is 11.2. The van der Waals surface area contributed by atoms with Gasteiger partial charge in [-0.1, -0.05) is 65.8 Å². The fraction of sp³-hybridized carbons (Fsp3) is 0.622. The molecule has 0 spiro atoms. The second-order valence-corrected chi connectivity index (χ2v) is 20.8. The number of amides is 5. The van der Waals surface area contributed by atoms with E-state index >= 15 is 0 Å². The van der Waals surface area contributed by atoms with E-state index in [-0.39, 0.29) is 67.0 Å². The Bertz CT molecular complexity index is 1960. The largest absolute Gasteiger partial charge is 0.481 e. The van der Waals surface area contributed by atoms with Crippen molar-refractivity contribution < 1.29 is 53.1 Å². The number of aliphatic carboxylic acids is 1. The summed E-state index contributed by atoms with van der Waals surface area (Å²) in [5.74, 6) is -11.7. The molecule has 2 fully saturated rings. The minimum absolute atomic E-state index is 0.0191. The summed E-state index contributed by atoms with van der Waals surface area (Å²) in [5, 5.41) is 26.4. The highest BCUT2D eigenvalue weighted by atomic mass is 33.1. The van der Waals surface area contributed by atoms with Crippen molar-refractivity contribution in [3.63, 3.8) is 0 Å². The SMILES string of the molecule is CNCCCC[C@@H]1NC(=O)CSC[C@@H](C(=O)C(C)C)NC(=O)[C@H](Cc2ccccc2)CC(=O)[C@@H]2CSSC[C@H](NC1=O)C(=O)C[C@@H](CCCN=C(N)N)C(=O)NCC(=O)C[C@@H](CC(=O)O)C(=O)N2. The molecule has 5 amide bonds. The average molecular weight is 1010 g/mol. The van der Waals surface area contributed by atoms with Gasteiger partial charge in [-0.05, 0) is 57.7 Å². The van der Waals surface area contributed by atoms with Crippen LogP contribution in [0.1, 0.15) is 77.2 Å². The van der Waals surface area contributed by atoms with Crippen molar-refractivity contribution in [3.05, 3.63) is 35.9 Å². The van der Waals surface area contributed by atoms with E-state index in [0.717, 1.165) is 33.3 Å². The number of nitrogens with one attached hydrogen (secondary N) is 6. The summed E-state index contributed by atoms with van der Waals surface area (Å²) in [6, 6.07) is 4.15. The van der Waals surface area contributed by atoms with Crippen LogP contribution in [0, 0.1) is 23.7 Å². The van der Waals surface area contributed by atoms with Crippen LogP contribution in [0.3, 0.4) is 0 Å². The van der Waals surface area contributed by atoms with Gasteiger partial charge in [-0.3, -0.25) is 52.9 Å². The van der Waals surface area contributed by atoms with Crippen LogP contribution in [0.2, 0.25) is 0 Å². The molecule has 2 aliphatic rings. The number of hydrogen-bond acceptors (Lipinski definition) is 15. The van der Waals surface area contributed by atoms with Crippen molar-refractivity contribution in [3.8, 4) is 0 Å². The van der Waals surface area contributed by atoms with Gasteiger partial charge in [0.25, 0.3) is 0 Å². The van der Waals surface area contributed by atoms with E-state index in [2.05, 4.69) is 36.9 Å². The number of thioether (sulfide) groups is 1. The molecule has 376 valence electrons. The lowest BCUT2D eigenvalue weighted by Gasteiger charge is -2.26. The quantitative estimate of drug-likeness (QED) is 0.0494. The summed E-state index contributed by atoms with van der Waals surface area (Å²) < 4.78 is 0. The van der Waals surface area contributed by atoms with Crippen molar-refractivity contribution >= 4 is 97.9 Å². The molecule has 0 saturated carbocycles. The summed E-state index contributed by atoms with van der Waals surface area (Å²) in [4.78, 5) is 141. The lowest BCUT2D eigenvalue weighted by molar-refractivity contribution is -0.142. The van der Waals surface area contributed by atoms with Crippen LogP contribution in [0.4, 0.5) is 0 Å². The lowest BCUT2D eigenvalue weighted by Crippen LogP contribution is -2.53. The number of carbonyl (C=O) groups excluding carboxylic acids is 9. The number of benzene rings is 1. The second kappa shape index (κ2) is 30.5. The number of nitrogens with two attached hydrogens (primary N) is 2. The monoisotopic (exact) mass is 1010 g/mol. The Hall–Kier alpha value is -5.00. The van der Waals surface area contributed by atoms with Crippen LogP contribution in [-0.4, -0.2) is 144 Å². The maximum Gasteiger partial charge on any atom is 0.304 e. The Morgan fingerprint density at radius 3 is 2.01 bits per heavy atom. The Morgan fingerprint density at radius 2 is 1.40 bits per heavy atom. The molecule has 23 heteroatoms. The summed E-state index contributed by atoms with van der Waals surface area (Å²) in [6.45, 7) is 3.49. The number of unbranched alkanes of at least 4 members (excludes halogenated alkanes) is 1. The number of carboxylic acid groups (broad SMARTS) is 1. The first-order valence-electron chi connectivity index (χ1n) is 22.7. The van der Waals surface area contributed by atoms with Crippen molar-refractivity contribution in [1.29, 1.82) is 0 Å². The molecule has 3 rings (SSSR count). The number of carbonyl (C=O) groups is 10. The predicted molar refractivity (Wildman–Crippen MR) is 262 cm³/mol. The first kappa shape index (κ1) is 57.3. The molecule has 2 aliphatic heterocycles. The minimum Gasteiger partial charge on any atom is -0.481 e. The number of ketones is 4. The van der Waals surface area contributed by atoms with Gasteiger partial charge in [0.05, 0.1) is 42.8 Å². The molecule has 1 aromatic rings. The molecule has 0 aliphatic carbocycles. The van der Waals surface area contributed by atoms with Gasteiger partial charge in [0, 0.05) is 60.8 Å².